The average Bonchev–Trinajstić information content (AvgIpc) is 3.34. The smallest absolute Gasteiger partial charge is 0.452 e. The standard InChI is InChI=1S/C56H59O11P/c1-5-60-55(61-6-2,62-7-3)56(63-8-4,67-68(57,58)59)64-43-54(65-52-33-21-31-48(39-35-44-23-13-9-14-24-44)50(52)41-37-46-27-17-11-18-28-46)66-53-34-22-32-49(40-36-45-25-15-10-16-26-45)51(53)42-38-47-29-19-12-20-30-47/h9-42,54H,5-8,43H2,1-4H3,(H2,57,58,59). The lowest BCUT2D eigenvalue weighted by Gasteiger charge is -2.45. The van der Waals surface area contributed by atoms with Gasteiger partial charge in [-0.15, -0.1) is 0 Å². The zero-order valence-corrected chi connectivity index (χ0v) is 39.7. The zero-order chi connectivity index (χ0) is 48.1. The van der Waals surface area contributed by atoms with Gasteiger partial charge in [-0.25, -0.2) is 9.09 Å². The van der Waals surface area contributed by atoms with Crippen molar-refractivity contribution in [2.24, 2.45) is 0 Å². The van der Waals surface area contributed by atoms with Crippen molar-refractivity contribution in [1.82, 2.24) is 0 Å². The molecule has 6 aromatic rings. The molecule has 68 heavy (non-hydrogen) atoms. The van der Waals surface area contributed by atoms with Gasteiger partial charge in [0.15, 0.2) is 0 Å². The third-order valence-electron chi connectivity index (χ3n) is 10.1. The first-order valence-corrected chi connectivity index (χ1v) is 24.1. The van der Waals surface area contributed by atoms with Crippen molar-refractivity contribution in [3.8, 4) is 11.5 Å². The van der Waals surface area contributed by atoms with E-state index in [1.807, 2.05) is 206 Å². The van der Waals surface area contributed by atoms with Gasteiger partial charge in [0.25, 0.3) is 6.29 Å². The molecule has 0 saturated carbocycles. The molecule has 0 aliphatic carbocycles. The molecule has 1 atom stereocenters. The summed E-state index contributed by atoms with van der Waals surface area (Å²) in [5.41, 5.74) is 6.99. The van der Waals surface area contributed by atoms with E-state index in [-0.39, 0.29) is 26.4 Å². The van der Waals surface area contributed by atoms with Crippen LogP contribution in [0.2, 0.25) is 0 Å². The van der Waals surface area contributed by atoms with Gasteiger partial charge in [-0.1, -0.05) is 194 Å². The van der Waals surface area contributed by atoms with E-state index in [0.717, 1.165) is 33.4 Å². The fraction of sp³-hybridized carbons (Fsp3) is 0.214. The highest BCUT2D eigenvalue weighted by molar-refractivity contribution is 7.46. The number of rotatable bonds is 26. The molecule has 0 radical (unpaired) electrons. The van der Waals surface area contributed by atoms with Crippen LogP contribution in [-0.4, -0.2) is 61.1 Å². The van der Waals surface area contributed by atoms with Gasteiger partial charge < -0.3 is 42.9 Å². The molecule has 0 aliphatic heterocycles. The molecule has 11 nitrogen and oxygen atoms in total. The first-order chi connectivity index (χ1) is 33.1. The largest absolute Gasteiger partial charge is 0.474 e. The first-order valence-electron chi connectivity index (χ1n) is 22.6. The Hall–Kier alpha value is -6.21. The fourth-order valence-corrected chi connectivity index (χ4v) is 7.68. The monoisotopic (exact) mass is 938 g/mol. The maximum Gasteiger partial charge on any atom is 0.474 e. The molecule has 0 bridgehead atoms. The summed E-state index contributed by atoms with van der Waals surface area (Å²) in [6.45, 7) is 5.62. The van der Waals surface area contributed by atoms with Crippen LogP contribution in [0, 0.1) is 0 Å². The summed E-state index contributed by atoms with van der Waals surface area (Å²) < 4.78 is 62.7. The summed E-state index contributed by atoms with van der Waals surface area (Å²) >= 11 is 0. The van der Waals surface area contributed by atoms with E-state index in [1.165, 1.54) is 0 Å². The summed E-state index contributed by atoms with van der Waals surface area (Å²) in [6.07, 6.45) is 14.5. The van der Waals surface area contributed by atoms with Gasteiger partial charge in [0, 0.05) is 37.6 Å². The third-order valence-corrected chi connectivity index (χ3v) is 10.5. The van der Waals surface area contributed by atoms with Gasteiger partial charge >= 0.3 is 19.8 Å². The summed E-state index contributed by atoms with van der Waals surface area (Å²) in [5, 5.41) is 0. The van der Waals surface area contributed by atoms with Gasteiger partial charge in [-0.2, -0.15) is 0 Å². The Kier molecular flexibility index (Phi) is 19.4. The number of phosphoric acid groups is 1. The molecule has 12 heteroatoms. The lowest BCUT2D eigenvalue weighted by atomic mass is 10.0. The van der Waals surface area contributed by atoms with Crippen LogP contribution < -0.4 is 9.47 Å². The molecule has 0 aromatic heterocycles. The Morgan fingerprint density at radius 3 is 1.10 bits per heavy atom. The molecule has 354 valence electrons. The molecule has 0 aliphatic rings. The van der Waals surface area contributed by atoms with E-state index in [2.05, 4.69) is 0 Å². The highest BCUT2D eigenvalue weighted by Gasteiger charge is 2.64. The minimum Gasteiger partial charge on any atom is -0.452 e. The molecule has 6 rings (SSSR count). The molecule has 0 amide bonds. The molecular weight excluding hydrogens is 880 g/mol. The molecule has 0 heterocycles. The summed E-state index contributed by atoms with van der Waals surface area (Å²) in [6, 6.07) is 51.0. The van der Waals surface area contributed by atoms with Crippen LogP contribution in [0.25, 0.3) is 48.6 Å². The van der Waals surface area contributed by atoms with Crippen molar-refractivity contribution < 1.29 is 52.0 Å². The van der Waals surface area contributed by atoms with E-state index >= 15 is 0 Å². The second-order valence-electron chi connectivity index (χ2n) is 14.9. The Morgan fingerprint density at radius 2 is 0.765 bits per heavy atom. The lowest BCUT2D eigenvalue weighted by molar-refractivity contribution is -0.547. The predicted molar refractivity (Wildman–Crippen MR) is 270 cm³/mol. The number of ether oxygens (including phenoxy) is 7. The predicted octanol–water partition coefficient (Wildman–Crippen LogP) is 12.7. The summed E-state index contributed by atoms with van der Waals surface area (Å²) in [4.78, 5) is 20.9. The number of phosphoric ester groups is 1. The molecule has 0 spiro atoms. The van der Waals surface area contributed by atoms with Crippen molar-refractivity contribution in [2.75, 3.05) is 33.0 Å². The van der Waals surface area contributed by atoms with E-state index in [9.17, 15) is 14.4 Å². The zero-order valence-electron chi connectivity index (χ0n) is 38.8. The number of benzene rings is 6. The molecule has 6 aromatic carbocycles. The second kappa shape index (κ2) is 25.8. The van der Waals surface area contributed by atoms with Crippen LogP contribution in [0.3, 0.4) is 0 Å². The van der Waals surface area contributed by atoms with Crippen LogP contribution in [0.4, 0.5) is 0 Å². The topological polar surface area (TPSA) is 131 Å². The van der Waals surface area contributed by atoms with E-state index < -0.39 is 32.7 Å². The Labute approximate surface area is 399 Å². The Morgan fingerprint density at radius 1 is 0.426 bits per heavy atom. The average molecular weight is 939 g/mol. The summed E-state index contributed by atoms with van der Waals surface area (Å²) in [5.74, 6) is -4.48. The van der Waals surface area contributed by atoms with Gasteiger partial charge in [0.2, 0.25) is 0 Å². The SMILES string of the molecule is CCOC(OCC)(OCC)C(OCC)(OCC(Oc1cccc(C=Cc2ccccc2)c1C=Cc1ccccc1)Oc1cccc(C=Cc2ccccc2)c1C=Cc1ccccc1)OP(=O)(O)O. The molecule has 0 fully saturated rings. The van der Waals surface area contributed by atoms with Gasteiger partial charge in [0.1, 0.15) is 18.1 Å². The van der Waals surface area contributed by atoms with Crippen LogP contribution >= 0.6 is 7.82 Å². The number of hydrogen-bond acceptors (Lipinski definition) is 9. The van der Waals surface area contributed by atoms with Crippen molar-refractivity contribution in [3.05, 3.63) is 202 Å². The van der Waals surface area contributed by atoms with Gasteiger partial charge in [-0.3, -0.25) is 0 Å². The molecular formula is C56H59O11P. The minimum atomic E-state index is -5.45. The fourth-order valence-electron chi connectivity index (χ4n) is 7.15. The van der Waals surface area contributed by atoms with Crippen LogP contribution in [0.1, 0.15) is 72.2 Å². The summed E-state index contributed by atoms with van der Waals surface area (Å²) in [7, 11) is -5.45. The van der Waals surface area contributed by atoms with E-state index in [1.54, 1.807) is 27.7 Å². The van der Waals surface area contributed by atoms with Crippen LogP contribution in [0.15, 0.2) is 158 Å². The molecule has 1 unspecified atom stereocenters. The van der Waals surface area contributed by atoms with Gasteiger partial charge in [0.05, 0.1) is 0 Å². The quantitative estimate of drug-likeness (QED) is 0.0306. The van der Waals surface area contributed by atoms with Crippen molar-refractivity contribution in [1.29, 1.82) is 0 Å². The first kappa shape index (κ1) is 51.2. The van der Waals surface area contributed by atoms with Crippen LogP contribution in [0.5, 0.6) is 11.5 Å². The lowest BCUT2D eigenvalue weighted by Crippen LogP contribution is -2.64. The molecule has 0 saturated heterocycles. The Balaban J connectivity index is 1.52. The maximum absolute atomic E-state index is 12.9. The third kappa shape index (κ3) is 14.6. The van der Waals surface area contributed by atoms with E-state index in [0.29, 0.717) is 22.6 Å². The number of hydrogen-bond donors (Lipinski definition) is 2. The molecule has 2 N–H and O–H groups in total. The minimum absolute atomic E-state index is 0.0556. The van der Waals surface area contributed by atoms with Crippen molar-refractivity contribution in [3.63, 3.8) is 0 Å². The highest BCUT2D eigenvalue weighted by atomic mass is 31.2. The van der Waals surface area contributed by atoms with Crippen molar-refractivity contribution in [2.45, 2.75) is 45.9 Å². The maximum atomic E-state index is 12.9. The van der Waals surface area contributed by atoms with Gasteiger partial charge in [-0.05, 0) is 73.2 Å². The Bertz CT molecular complexity index is 2450. The van der Waals surface area contributed by atoms with Crippen LogP contribution in [-0.2, 0) is 32.8 Å². The van der Waals surface area contributed by atoms with Crippen molar-refractivity contribution >= 4 is 56.4 Å². The van der Waals surface area contributed by atoms with E-state index in [4.69, 9.17) is 37.7 Å². The second-order valence-corrected chi connectivity index (χ2v) is 16.1. The highest BCUT2D eigenvalue weighted by Crippen LogP contribution is 2.49. The normalized spacial score (nSPS) is 13.7.